The molecule has 2 rings (SSSR count). The van der Waals surface area contributed by atoms with Gasteiger partial charge in [-0.2, -0.15) is 5.26 Å². The lowest BCUT2D eigenvalue weighted by molar-refractivity contribution is 0.0951. The van der Waals surface area contributed by atoms with Crippen LogP contribution in [0, 0.1) is 18.3 Å². The van der Waals surface area contributed by atoms with Crippen molar-refractivity contribution in [3.8, 4) is 6.07 Å². The highest BCUT2D eigenvalue weighted by Gasteiger charge is 2.15. The van der Waals surface area contributed by atoms with Gasteiger partial charge in [-0.05, 0) is 36.8 Å². The molecule has 0 aliphatic carbocycles. The molecule has 6 heteroatoms. The molecular formula is C19H20N4O2. The molecule has 0 bridgehead atoms. The highest BCUT2D eigenvalue weighted by molar-refractivity contribution is 5.95. The summed E-state index contributed by atoms with van der Waals surface area (Å²) in [6.07, 6.45) is 0. The smallest absolute Gasteiger partial charge is 0.321 e. The van der Waals surface area contributed by atoms with Crippen molar-refractivity contribution < 1.29 is 9.59 Å². The minimum absolute atomic E-state index is 0.193. The van der Waals surface area contributed by atoms with E-state index in [1.54, 1.807) is 31.3 Å². The number of carbonyl (C=O) groups excluding carboxylic acids is 2. The maximum absolute atomic E-state index is 12.3. The van der Waals surface area contributed by atoms with Crippen LogP contribution in [-0.4, -0.2) is 26.0 Å². The van der Waals surface area contributed by atoms with Gasteiger partial charge in [0.25, 0.3) is 5.91 Å². The third kappa shape index (κ3) is 4.36. The summed E-state index contributed by atoms with van der Waals surface area (Å²) in [5.41, 5.74) is 3.34. The molecule has 2 aromatic carbocycles. The van der Waals surface area contributed by atoms with Crippen molar-refractivity contribution >= 4 is 17.6 Å². The molecule has 6 nitrogen and oxygen atoms in total. The van der Waals surface area contributed by atoms with E-state index in [0.29, 0.717) is 16.8 Å². The van der Waals surface area contributed by atoms with Crippen LogP contribution in [0.5, 0.6) is 0 Å². The molecule has 2 N–H and O–H groups in total. The maximum atomic E-state index is 12.3. The predicted octanol–water partition coefficient (Wildman–Crippen LogP) is 2.57. The van der Waals surface area contributed by atoms with Crippen molar-refractivity contribution in [3.63, 3.8) is 0 Å². The zero-order valence-corrected chi connectivity index (χ0v) is 14.5. The Morgan fingerprint density at radius 1 is 1.20 bits per heavy atom. The molecule has 0 spiro atoms. The van der Waals surface area contributed by atoms with Crippen LogP contribution in [-0.2, 0) is 6.54 Å². The average molecular weight is 336 g/mol. The molecule has 3 amide bonds. The first-order valence-corrected chi connectivity index (χ1v) is 7.79. The van der Waals surface area contributed by atoms with Crippen LogP contribution in [0.15, 0.2) is 42.5 Å². The predicted molar refractivity (Wildman–Crippen MR) is 96.4 cm³/mol. The van der Waals surface area contributed by atoms with E-state index in [1.807, 2.05) is 25.1 Å². The number of nitriles is 1. The summed E-state index contributed by atoms with van der Waals surface area (Å²) in [4.78, 5) is 25.6. The Morgan fingerprint density at radius 3 is 2.60 bits per heavy atom. The Bertz CT molecular complexity index is 840. The molecular weight excluding hydrogens is 316 g/mol. The molecule has 0 atom stereocenters. The molecule has 0 heterocycles. The fourth-order valence-corrected chi connectivity index (χ4v) is 2.44. The molecule has 0 fully saturated rings. The van der Waals surface area contributed by atoms with Crippen molar-refractivity contribution in [2.75, 3.05) is 19.0 Å². The minimum atomic E-state index is -0.304. The third-order valence-corrected chi connectivity index (χ3v) is 3.81. The normalized spacial score (nSPS) is 9.84. The van der Waals surface area contributed by atoms with Crippen molar-refractivity contribution in [1.29, 1.82) is 5.26 Å². The standard InChI is InChI=1S/C19H20N4O2/c1-13-5-4-6-15(9-13)18(24)22-12-16-8-7-14(11-20)10-17(16)23(3)19(25)21-2/h4-10H,12H2,1-3H3,(H,21,25)(H,22,24). The lowest BCUT2D eigenvalue weighted by atomic mass is 10.1. The summed E-state index contributed by atoms with van der Waals surface area (Å²) in [5.74, 6) is -0.193. The Balaban J connectivity index is 2.22. The number of nitrogens with one attached hydrogen (secondary N) is 2. The number of carbonyl (C=O) groups is 2. The maximum Gasteiger partial charge on any atom is 0.321 e. The van der Waals surface area contributed by atoms with Gasteiger partial charge in [0.1, 0.15) is 0 Å². The van der Waals surface area contributed by atoms with E-state index >= 15 is 0 Å². The first-order chi connectivity index (χ1) is 12.0. The largest absolute Gasteiger partial charge is 0.348 e. The number of anilines is 1. The van der Waals surface area contributed by atoms with Gasteiger partial charge >= 0.3 is 6.03 Å². The fourth-order valence-electron chi connectivity index (χ4n) is 2.44. The number of rotatable bonds is 4. The molecule has 2 aromatic rings. The van der Waals surface area contributed by atoms with Crippen molar-refractivity contribution in [2.24, 2.45) is 0 Å². The SMILES string of the molecule is CNC(=O)N(C)c1cc(C#N)ccc1CNC(=O)c1cccc(C)c1. The first-order valence-electron chi connectivity index (χ1n) is 7.79. The van der Waals surface area contributed by atoms with E-state index in [0.717, 1.165) is 11.1 Å². The quantitative estimate of drug-likeness (QED) is 0.900. The molecule has 0 saturated heterocycles. The van der Waals surface area contributed by atoms with Crippen molar-refractivity contribution in [2.45, 2.75) is 13.5 Å². The lowest BCUT2D eigenvalue weighted by Gasteiger charge is -2.21. The molecule has 0 unspecified atom stereocenters. The summed E-state index contributed by atoms with van der Waals surface area (Å²) < 4.78 is 0. The summed E-state index contributed by atoms with van der Waals surface area (Å²) in [6, 6.07) is 14.1. The number of urea groups is 1. The molecule has 0 saturated carbocycles. The number of aryl methyl sites for hydroxylation is 1. The van der Waals surface area contributed by atoms with Gasteiger partial charge in [-0.25, -0.2) is 4.79 Å². The summed E-state index contributed by atoms with van der Waals surface area (Å²) in [5, 5.41) is 14.5. The average Bonchev–Trinajstić information content (AvgIpc) is 2.64. The molecule has 0 radical (unpaired) electrons. The van der Waals surface area contributed by atoms with E-state index in [1.165, 1.54) is 11.9 Å². The topological polar surface area (TPSA) is 85.2 Å². The Labute approximate surface area is 147 Å². The van der Waals surface area contributed by atoms with Crippen LogP contribution in [0.25, 0.3) is 0 Å². The summed E-state index contributed by atoms with van der Waals surface area (Å²) >= 11 is 0. The number of benzene rings is 2. The van der Waals surface area contributed by atoms with Gasteiger partial charge < -0.3 is 10.6 Å². The Kier molecular flexibility index (Phi) is 5.75. The number of hydrogen-bond donors (Lipinski definition) is 2. The number of hydrogen-bond acceptors (Lipinski definition) is 3. The van der Waals surface area contributed by atoms with Gasteiger partial charge in [0.05, 0.1) is 17.3 Å². The molecule has 0 aromatic heterocycles. The van der Waals surface area contributed by atoms with Crippen LogP contribution < -0.4 is 15.5 Å². The van der Waals surface area contributed by atoms with Crippen LogP contribution >= 0.6 is 0 Å². The second-order valence-corrected chi connectivity index (χ2v) is 5.62. The molecule has 128 valence electrons. The first kappa shape index (κ1) is 18.0. The van der Waals surface area contributed by atoms with Gasteiger partial charge in [-0.3, -0.25) is 9.69 Å². The van der Waals surface area contributed by atoms with E-state index < -0.39 is 0 Å². The highest BCUT2D eigenvalue weighted by atomic mass is 16.2. The summed E-state index contributed by atoms with van der Waals surface area (Å²) in [7, 11) is 3.15. The van der Waals surface area contributed by atoms with E-state index in [4.69, 9.17) is 5.26 Å². The van der Waals surface area contributed by atoms with Gasteiger partial charge in [0, 0.05) is 26.2 Å². The van der Waals surface area contributed by atoms with Crippen molar-refractivity contribution in [1.82, 2.24) is 10.6 Å². The van der Waals surface area contributed by atoms with Gasteiger partial charge in [-0.1, -0.05) is 23.8 Å². The second kappa shape index (κ2) is 7.97. The van der Waals surface area contributed by atoms with Crippen LogP contribution in [0.1, 0.15) is 27.0 Å². The van der Waals surface area contributed by atoms with E-state index in [9.17, 15) is 9.59 Å². The summed E-state index contributed by atoms with van der Waals surface area (Å²) in [6.45, 7) is 2.17. The van der Waals surface area contributed by atoms with Gasteiger partial charge in [0.15, 0.2) is 0 Å². The van der Waals surface area contributed by atoms with Gasteiger partial charge in [-0.15, -0.1) is 0 Å². The van der Waals surface area contributed by atoms with E-state index in [2.05, 4.69) is 16.7 Å². The third-order valence-electron chi connectivity index (χ3n) is 3.81. The van der Waals surface area contributed by atoms with Crippen LogP contribution in [0.3, 0.4) is 0 Å². The molecule has 0 aliphatic rings. The van der Waals surface area contributed by atoms with Gasteiger partial charge in [0.2, 0.25) is 0 Å². The van der Waals surface area contributed by atoms with Crippen LogP contribution in [0.4, 0.5) is 10.5 Å². The Hall–Kier alpha value is -3.33. The number of nitrogens with zero attached hydrogens (tertiary/aromatic N) is 2. The minimum Gasteiger partial charge on any atom is -0.348 e. The highest BCUT2D eigenvalue weighted by Crippen LogP contribution is 2.21. The zero-order chi connectivity index (χ0) is 18.4. The van der Waals surface area contributed by atoms with E-state index in [-0.39, 0.29) is 18.5 Å². The second-order valence-electron chi connectivity index (χ2n) is 5.62. The van der Waals surface area contributed by atoms with Crippen LogP contribution in [0.2, 0.25) is 0 Å². The Morgan fingerprint density at radius 2 is 1.96 bits per heavy atom. The lowest BCUT2D eigenvalue weighted by Crippen LogP contribution is -2.36. The fraction of sp³-hybridized carbons (Fsp3) is 0.211. The monoisotopic (exact) mass is 336 g/mol. The molecule has 0 aliphatic heterocycles. The molecule has 25 heavy (non-hydrogen) atoms. The van der Waals surface area contributed by atoms with Crippen molar-refractivity contribution in [3.05, 3.63) is 64.7 Å². The zero-order valence-electron chi connectivity index (χ0n) is 14.5. The number of amides is 3.